The van der Waals surface area contributed by atoms with Crippen LogP contribution in [-0.2, 0) is 13.2 Å². The molecule has 3 rings (SSSR count). The van der Waals surface area contributed by atoms with E-state index in [0.29, 0.717) is 23.7 Å². The number of nitrogens with zero attached hydrogens (tertiary/aromatic N) is 2. The van der Waals surface area contributed by atoms with Crippen molar-refractivity contribution in [2.24, 2.45) is 5.92 Å². The number of hydrogen-bond acceptors (Lipinski definition) is 5. The summed E-state index contributed by atoms with van der Waals surface area (Å²) in [7, 11) is 0. The van der Waals surface area contributed by atoms with E-state index in [0.717, 1.165) is 43.1 Å². The predicted molar refractivity (Wildman–Crippen MR) is 107 cm³/mol. The van der Waals surface area contributed by atoms with E-state index >= 15 is 0 Å². The Hall–Kier alpha value is -2.15. The summed E-state index contributed by atoms with van der Waals surface area (Å²) in [5.74, 6) is 0.463. The summed E-state index contributed by atoms with van der Waals surface area (Å²) in [4.78, 5) is 13.2. The van der Waals surface area contributed by atoms with Crippen molar-refractivity contribution in [3.8, 4) is 0 Å². The number of likely N-dealkylation sites (tertiary alicyclic amines) is 1. The molecule has 0 saturated carbocycles. The van der Waals surface area contributed by atoms with E-state index in [-0.39, 0.29) is 12.3 Å². The molecule has 2 aromatic rings. The number of aliphatic hydroxyl groups is 1. The van der Waals surface area contributed by atoms with Gasteiger partial charge in [-0.05, 0) is 61.2 Å². The predicted octanol–water partition coefficient (Wildman–Crippen LogP) is 4.06. The number of nitrogens with one attached hydrogen (secondary N) is 1. The van der Waals surface area contributed by atoms with Crippen molar-refractivity contribution in [1.82, 2.24) is 4.90 Å². The van der Waals surface area contributed by atoms with Gasteiger partial charge in [-0.2, -0.15) is 0 Å². The maximum atomic E-state index is 11.2. The van der Waals surface area contributed by atoms with Crippen LogP contribution in [0.4, 0.5) is 11.4 Å². The number of nitro groups is 1. The van der Waals surface area contributed by atoms with Crippen LogP contribution in [-0.4, -0.2) is 34.6 Å². The Kier molecular flexibility index (Phi) is 6.66. The van der Waals surface area contributed by atoms with E-state index in [4.69, 9.17) is 11.6 Å². The maximum absolute atomic E-state index is 11.2. The summed E-state index contributed by atoms with van der Waals surface area (Å²) in [6.07, 6.45) is 2.07. The average molecular weight is 390 g/mol. The first-order chi connectivity index (χ1) is 13.1. The largest absolute Gasteiger partial charge is 0.392 e. The third-order valence-corrected chi connectivity index (χ3v) is 5.45. The minimum Gasteiger partial charge on any atom is -0.392 e. The summed E-state index contributed by atoms with van der Waals surface area (Å²) in [6.45, 7) is 3.37. The Morgan fingerprint density at radius 2 is 1.96 bits per heavy atom. The lowest BCUT2D eigenvalue weighted by molar-refractivity contribution is -0.384. The highest BCUT2D eigenvalue weighted by Gasteiger charge is 2.21. The lowest BCUT2D eigenvalue weighted by Crippen LogP contribution is -2.35. The summed E-state index contributed by atoms with van der Waals surface area (Å²) in [5.41, 5.74) is 2.33. The molecule has 0 bridgehead atoms. The van der Waals surface area contributed by atoms with Crippen molar-refractivity contribution in [2.75, 3.05) is 25.0 Å². The number of hydrogen-bond donors (Lipinski definition) is 2. The van der Waals surface area contributed by atoms with Gasteiger partial charge in [-0.1, -0.05) is 29.8 Å². The maximum Gasteiger partial charge on any atom is 0.292 e. The molecule has 0 amide bonds. The number of halogens is 1. The number of anilines is 1. The Labute approximate surface area is 163 Å². The molecule has 0 spiro atoms. The minimum absolute atomic E-state index is 0.0448. The fourth-order valence-corrected chi connectivity index (χ4v) is 3.65. The first-order valence-electron chi connectivity index (χ1n) is 9.14. The second-order valence-corrected chi connectivity index (χ2v) is 7.37. The van der Waals surface area contributed by atoms with Crippen LogP contribution in [0.15, 0.2) is 42.5 Å². The molecule has 0 radical (unpaired) electrons. The first-order valence-corrected chi connectivity index (χ1v) is 9.52. The van der Waals surface area contributed by atoms with Crippen molar-refractivity contribution in [3.05, 3.63) is 68.7 Å². The minimum atomic E-state index is -0.393. The molecule has 6 nitrogen and oxygen atoms in total. The fourth-order valence-electron chi connectivity index (χ4n) is 3.45. The van der Waals surface area contributed by atoms with Gasteiger partial charge in [0.25, 0.3) is 5.69 Å². The molecule has 2 aromatic carbocycles. The summed E-state index contributed by atoms with van der Waals surface area (Å²) in [5, 5.41) is 24.5. The molecule has 1 fully saturated rings. The molecule has 7 heteroatoms. The molecule has 1 heterocycles. The van der Waals surface area contributed by atoms with Gasteiger partial charge in [0.15, 0.2) is 0 Å². The normalized spacial score (nSPS) is 15.6. The van der Waals surface area contributed by atoms with Crippen molar-refractivity contribution in [1.29, 1.82) is 0 Å². The van der Waals surface area contributed by atoms with Crippen LogP contribution in [0.3, 0.4) is 0 Å². The van der Waals surface area contributed by atoms with Crippen LogP contribution in [0.2, 0.25) is 5.02 Å². The number of aliphatic hydroxyl groups excluding tert-OH is 1. The van der Waals surface area contributed by atoms with Crippen LogP contribution >= 0.6 is 11.6 Å². The van der Waals surface area contributed by atoms with Crippen molar-refractivity contribution in [3.63, 3.8) is 0 Å². The molecular weight excluding hydrogens is 366 g/mol. The topological polar surface area (TPSA) is 78.6 Å². The van der Waals surface area contributed by atoms with Crippen LogP contribution in [0.25, 0.3) is 0 Å². The van der Waals surface area contributed by atoms with E-state index in [1.54, 1.807) is 12.1 Å². The summed E-state index contributed by atoms with van der Waals surface area (Å²) >= 11 is 6.25. The van der Waals surface area contributed by atoms with Crippen LogP contribution in [0, 0.1) is 16.0 Å². The van der Waals surface area contributed by atoms with Gasteiger partial charge in [0, 0.05) is 24.2 Å². The van der Waals surface area contributed by atoms with E-state index < -0.39 is 4.92 Å². The number of nitro benzene ring substituents is 1. The standard InChI is InChI=1S/C20H24ClN3O3/c21-18-4-2-1-3-17(18)13-23-9-7-15(8-10-23)12-22-19-11-16(14-25)5-6-20(19)24(26)27/h1-6,11,15,22,25H,7-10,12-14H2. The van der Waals surface area contributed by atoms with E-state index in [1.807, 2.05) is 18.2 Å². The smallest absolute Gasteiger partial charge is 0.292 e. The number of piperidine rings is 1. The average Bonchev–Trinajstić information content (AvgIpc) is 2.68. The van der Waals surface area contributed by atoms with E-state index in [2.05, 4.69) is 16.3 Å². The zero-order valence-corrected chi connectivity index (χ0v) is 15.9. The molecule has 27 heavy (non-hydrogen) atoms. The zero-order chi connectivity index (χ0) is 19.2. The second kappa shape index (κ2) is 9.17. The highest BCUT2D eigenvalue weighted by atomic mass is 35.5. The van der Waals surface area contributed by atoms with Crippen molar-refractivity contribution in [2.45, 2.75) is 26.0 Å². The van der Waals surface area contributed by atoms with Crippen molar-refractivity contribution < 1.29 is 10.0 Å². The molecule has 0 unspecified atom stereocenters. The van der Waals surface area contributed by atoms with Gasteiger partial charge in [-0.3, -0.25) is 15.0 Å². The van der Waals surface area contributed by atoms with Crippen molar-refractivity contribution >= 4 is 23.0 Å². The molecule has 1 aliphatic heterocycles. The van der Waals surface area contributed by atoms with Gasteiger partial charge in [-0.25, -0.2) is 0 Å². The highest BCUT2D eigenvalue weighted by molar-refractivity contribution is 6.31. The lowest BCUT2D eigenvalue weighted by Gasteiger charge is -2.32. The second-order valence-electron chi connectivity index (χ2n) is 6.96. The van der Waals surface area contributed by atoms with Gasteiger partial charge in [0.2, 0.25) is 0 Å². The van der Waals surface area contributed by atoms with Gasteiger partial charge in [-0.15, -0.1) is 0 Å². The van der Waals surface area contributed by atoms with E-state index in [1.165, 1.54) is 6.07 Å². The number of rotatable bonds is 7. The first kappa shape index (κ1) is 19.6. The zero-order valence-electron chi connectivity index (χ0n) is 15.1. The van der Waals surface area contributed by atoms with Gasteiger partial charge < -0.3 is 10.4 Å². The Bertz CT molecular complexity index is 792. The number of benzene rings is 2. The molecule has 144 valence electrons. The summed E-state index contributed by atoms with van der Waals surface area (Å²) < 4.78 is 0. The Balaban J connectivity index is 1.53. The quantitative estimate of drug-likeness (QED) is 0.551. The molecule has 1 saturated heterocycles. The molecule has 0 aliphatic carbocycles. The van der Waals surface area contributed by atoms with Crippen LogP contribution in [0.5, 0.6) is 0 Å². The lowest BCUT2D eigenvalue weighted by atomic mass is 9.96. The van der Waals surface area contributed by atoms with Gasteiger partial charge in [0.05, 0.1) is 11.5 Å². The van der Waals surface area contributed by atoms with Gasteiger partial charge in [0.1, 0.15) is 5.69 Å². The molecular formula is C20H24ClN3O3. The SMILES string of the molecule is O=[N+]([O-])c1ccc(CO)cc1NCC1CCN(Cc2ccccc2Cl)CC1. The monoisotopic (exact) mass is 389 g/mol. The van der Waals surface area contributed by atoms with Crippen LogP contribution in [0.1, 0.15) is 24.0 Å². The molecule has 1 aliphatic rings. The van der Waals surface area contributed by atoms with E-state index in [9.17, 15) is 15.2 Å². The van der Waals surface area contributed by atoms with Gasteiger partial charge >= 0.3 is 0 Å². The third kappa shape index (κ3) is 5.19. The molecule has 0 atom stereocenters. The Morgan fingerprint density at radius 1 is 1.22 bits per heavy atom. The van der Waals surface area contributed by atoms with Crippen LogP contribution < -0.4 is 5.32 Å². The fraction of sp³-hybridized carbons (Fsp3) is 0.400. The molecule has 0 aromatic heterocycles. The molecule has 2 N–H and O–H groups in total. The Morgan fingerprint density at radius 3 is 2.63 bits per heavy atom. The summed E-state index contributed by atoms with van der Waals surface area (Å²) in [6, 6.07) is 12.6. The third-order valence-electron chi connectivity index (χ3n) is 5.08. The highest BCUT2D eigenvalue weighted by Crippen LogP contribution is 2.27.